The number of hydrogen-bond donors (Lipinski definition) is 2. The molecule has 7 heteroatoms. The summed E-state index contributed by atoms with van der Waals surface area (Å²) in [5.41, 5.74) is 4.40. The molecule has 4 rings (SSSR count). The summed E-state index contributed by atoms with van der Waals surface area (Å²) in [6.07, 6.45) is 4.14. The number of aromatic amines is 1. The first-order valence-corrected chi connectivity index (χ1v) is 8.99. The van der Waals surface area contributed by atoms with Crippen molar-refractivity contribution < 1.29 is 9.53 Å². The minimum Gasteiger partial charge on any atom is -0.495 e. The lowest BCUT2D eigenvalue weighted by Crippen LogP contribution is -2.36. The summed E-state index contributed by atoms with van der Waals surface area (Å²) in [5.74, 6) is 1.22. The Labute approximate surface area is 151 Å². The van der Waals surface area contributed by atoms with Crippen LogP contribution in [0.4, 0.5) is 10.5 Å². The Balaban J connectivity index is 1.42. The number of anilines is 1. The van der Waals surface area contributed by atoms with Crippen LogP contribution < -0.4 is 10.1 Å². The van der Waals surface area contributed by atoms with E-state index >= 15 is 0 Å². The summed E-state index contributed by atoms with van der Waals surface area (Å²) in [5, 5.41) is 11.1. The molecule has 1 saturated carbocycles. The molecular weight excluding hydrogens is 340 g/mol. The van der Waals surface area contributed by atoms with Crippen LogP contribution in [-0.2, 0) is 12.8 Å². The van der Waals surface area contributed by atoms with Gasteiger partial charge in [-0.15, -0.1) is 0 Å². The van der Waals surface area contributed by atoms with Crippen LogP contribution in [0.2, 0.25) is 5.02 Å². The Kier molecular flexibility index (Phi) is 4.29. The smallest absolute Gasteiger partial charge is 0.321 e. The Morgan fingerprint density at radius 3 is 2.88 bits per heavy atom. The molecular formula is C18H21ClN4O2. The summed E-state index contributed by atoms with van der Waals surface area (Å²) in [4.78, 5) is 14.5. The maximum atomic E-state index is 12.6. The maximum Gasteiger partial charge on any atom is 0.321 e. The first kappa shape index (κ1) is 16.3. The van der Waals surface area contributed by atoms with E-state index in [-0.39, 0.29) is 6.03 Å². The van der Waals surface area contributed by atoms with Gasteiger partial charge in [-0.25, -0.2) is 4.79 Å². The summed E-state index contributed by atoms with van der Waals surface area (Å²) >= 11 is 6.12. The number of carbonyl (C=O) groups excluding carboxylic acids is 1. The Morgan fingerprint density at radius 2 is 2.16 bits per heavy atom. The molecule has 2 aliphatic rings. The normalized spacial score (nSPS) is 17.0. The molecule has 25 heavy (non-hydrogen) atoms. The average Bonchev–Trinajstić information content (AvgIpc) is 3.40. The highest BCUT2D eigenvalue weighted by molar-refractivity contribution is 6.32. The molecule has 2 heterocycles. The molecule has 1 aliphatic carbocycles. The lowest BCUT2D eigenvalue weighted by molar-refractivity contribution is 0.214. The van der Waals surface area contributed by atoms with Crippen molar-refractivity contribution in [2.24, 2.45) is 0 Å². The van der Waals surface area contributed by atoms with Crippen molar-refractivity contribution in [3.05, 3.63) is 40.2 Å². The number of halogens is 1. The second kappa shape index (κ2) is 6.59. The predicted octanol–water partition coefficient (Wildman–Crippen LogP) is 3.58. The number of H-pyrrole nitrogens is 1. The van der Waals surface area contributed by atoms with Crippen molar-refractivity contribution in [1.29, 1.82) is 0 Å². The molecule has 0 unspecified atom stereocenters. The summed E-state index contributed by atoms with van der Waals surface area (Å²) < 4.78 is 5.14. The van der Waals surface area contributed by atoms with E-state index < -0.39 is 0 Å². The van der Waals surface area contributed by atoms with Crippen molar-refractivity contribution in [3.63, 3.8) is 0 Å². The summed E-state index contributed by atoms with van der Waals surface area (Å²) in [7, 11) is 1.57. The van der Waals surface area contributed by atoms with E-state index in [1.54, 1.807) is 25.3 Å². The van der Waals surface area contributed by atoms with E-state index in [9.17, 15) is 4.79 Å². The monoisotopic (exact) mass is 360 g/mol. The molecule has 0 bridgehead atoms. The maximum absolute atomic E-state index is 12.6. The minimum atomic E-state index is -0.104. The Morgan fingerprint density at radius 1 is 1.36 bits per heavy atom. The van der Waals surface area contributed by atoms with Gasteiger partial charge in [-0.05, 0) is 43.0 Å². The molecule has 1 aromatic carbocycles. The number of nitrogens with zero attached hydrogens (tertiary/aromatic N) is 2. The molecule has 2 N–H and O–H groups in total. The highest BCUT2D eigenvalue weighted by atomic mass is 35.5. The van der Waals surface area contributed by atoms with Crippen molar-refractivity contribution >= 4 is 23.3 Å². The fourth-order valence-electron chi connectivity index (χ4n) is 3.35. The zero-order chi connectivity index (χ0) is 17.4. The second-order valence-corrected chi connectivity index (χ2v) is 7.01. The largest absolute Gasteiger partial charge is 0.495 e. The molecule has 132 valence electrons. The fourth-order valence-corrected chi connectivity index (χ4v) is 3.61. The molecule has 0 radical (unpaired) electrons. The molecule has 1 fully saturated rings. The number of carbonyl (C=O) groups is 1. The van der Waals surface area contributed by atoms with E-state index in [0.717, 1.165) is 12.8 Å². The van der Waals surface area contributed by atoms with Gasteiger partial charge in [0, 0.05) is 36.8 Å². The number of methoxy groups -OCH3 is 1. The second-order valence-electron chi connectivity index (χ2n) is 6.61. The van der Waals surface area contributed by atoms with Crippen LogP contribution in [0, 0.1) is 0 Å². The molecule has 1 aliphatic heterocycles. The third-order valence-corrected chi connectivity index (χ3v) is 5.20. The SMILES string of the molecule is COc1ccc(NC(=O)N2CCc3[nH]nc(C4CC4)c3CC2)cc1Cl. The van der Waals surface area contributed by atoms with Gasteiger partial charge < -0.3 is 15.0 Å². The van der Waals surface area contributed by atoms with Gasteiger partial charge in [0.25, 0.3) is 0 Å². The van der Waals surface area contributed by atoms with Gasteiger partial charge in [0.2, 0.25) is 0 Å². The Hall–Kier alpha value is -2.21. The van der Waals surface area contributed by atoms with Crippen molar-refractivity contribution in [2.45, 2.75) is 31.6 Å². The van der Waals surface area contributed by atoms with Crippen molar-refractivity contribution in [2.75, 3.05) is 25.5 Å². The Bertz CT molecular complexity index is 800. The number of nitrogens with one attached hydrogen (secondary N) is 2. The number of ether oxygens (including phenoxy) is 1. The van der Waals surface area contributed by atoms with Gasteiger partial charge in [-0.2, -0.15) is 5.10 Å². The average molecular weight is 361 g/mol. The van der Waals surface area contributed by atoms with Gasteiger partial charge in [0.05, 0.1) is 17.8 Å². The van der Waals surface area contributed by atoms with E-state index in [1.807, 2.05) is 4.90 Å². The number of aromatic nitrogens is 2. The highest BCUT2D eigenvalue weighted by Gasteiger charge is 2.31. The highest BCUT2D eigenvalue weighted by Crippen LogP contribution is 2.41. The molecule has 0 spiro atoms. The summed E-state index contributed by atoms with van der Waals surface area (Å²) in [6, 6.07) is 5.14. The number of benzene rings is 1. The standard InChI is InChI=1S/C18H21ClN4O2/c1-25-16-5-4-12(10-14(16)19)20-18(24)23-8-6-13-15(7-9-23)21-22-17(13)11-2-3-11/h4-5,10-11H,2-3,6-9H2,1H3,(H,20,24)(H,21,22). The first-order valence-electron chi connectivity index (χ1n) is 8.61. The van der Waals surface area contributed by atoms with Gasteiger partial charge in [-0.3, -0.25) is 5.10 Å². The molecule has 1 aromatic heterocycles. The zero-order valence-corrected chi connectivity index (χ0v) is 14.9. The van der Waals surface area contributed by atoms with Gasteiger partial charge in [0.1, 0.15) is 5.75 Å². The third kappa shape index (κ3) is 3.31. The van der Waals surface area contributed by atoms with Crippen LogP contribution in [0.1, 0.15) is 35.7 Å². The molecule has 2 amide bonds. The molecule has 0 saturated heterocycles. The molecule has 2 aromatic rings. The molecule has 6 nitrogen and oxygen atoms in total. The van der Waals surface area contributed by atoms with Crippen LogP contribution in [0.3, 0.4) is 0 Å². The van der Waals surface area contributed by atoms with E-state index in [2.05, 4.69) is 15.5 Å². The number of rotatable bonds is 3. The number of amides is 2. The minimum absolute atomic E-state index is 0.104. The van der Waals surface area contributed by atoms with E-state index in [4.69, 9.17) is 16.3 Å². The van der Waals surface area contributed by atoms with Gasteiger partial charge >= 0.3 is 6.03 Å². The third-order valence-electron chi connectivity index (χ3n) is 4.90. The van der Waals surface area contributed by atoms with Gasteiger partial charge in [-0.1, -0.05) is 11.6 Å². The number of urea groups is 1. The number of fused-ring (bicyclic) bond motifs is 1. The van der Waals surface area contributed by atoms with Gasteiger partial charge in [0.15, 0.2) is 0 Å². The molecule has 0 atom stereocenters. The van der Waals surface area contributed by atoms with E-state index in [0.29, 0.717) is 35.5 Å². The topological polar surface area (TPSA) is 70.2 Å². The van der Waals surface area contributed by atoms with Crippen molar-refractivity contribution in [3.8, 4) is 5.75 Å². The van der Waals surface area contributed by atoms with Crippen LogP contribution in [-0.4, -0.2) is 41.3 Å². The fraction of sp³-hybridized carbons (Fsp3) is 0.444. The number of hydrogen-bond acceptors (Lipinski definition) is 3. The summed E-state index contributed by atoms with van der Waals surface area (Å²) in [6.45, 7) is 1.37. The lowest BCUT2D eigenvalue weighted by atomic mass is 10.1. The zero-order valence-electron chi connectivity index (χ0n) is 14.1. The van der Waals surface area contributed by atoms with Crippen molar-refractivity contribution in [1.82, 2.24) is 15.1 Å². The van der Waals surface area contributed by atoms with Crippen LogP contribution >= 0.6 is 11.6 Å². The van der Waals surface area contributed by atoms with Crippen LogP contribution in [0.25, 0.3) is 0 Å². The quantitative estimate of drug-likeness (QED) is 0.878. The predicted molar refractivity (Wildman–Crippen MR) is 96.6 cm³/mol. The first-order chi connectivity index (χ1) is 12.2. The lowest BCUT2D eigenvalue weighted by Gasteiger charge is -2.21. The van der Waals surface area contributed by atoms with E-state index in [1.165, 1.54) is 29.8 Å². The van der Waals surface area contributed by atoms with Crippen LogP contribution in [0.5, 0.6) is 5.75 Å². The van der Waals surface area contributed by atoms with Crippen LogP contribution in [0.15, 0.2) is 18.2 Å².